The summed E-state index contributed by atoms with van der Waals surface area (Å²) in [5.74, 6) is 0.882. The van der Waals surface area contributed by atoms with E-state index in [9.17, 15) is 0 Å². The summed E-state index contributed by atoms with van der Waals surface area (Å²) in [4.78, 5) is 1.07. The van der Waals surface area contributed by atoms with E-state index in [4.69, 9.17) is 4.74 Å². The highest BCUT2D eigenvalue weighted by Crippen LogP contribution is 2.36. The van der Waals surface area contributed by atoms with Crippen LogP contribution in [0, 0.1) is 0 Å². The van der Waals surface area contributed by atoms with Crippen LogP contribution in [0.5, 0.6) is 5.75 Å². The number of methoxy groups -OCH3 is 1. The summed E-state index contributed by atoms with van der Waals surface area (Å²) in [5.41, 5.74) is 0. The van der Waals surface area contributed by atoms with Crippen molar-refractivity contribution in [3.05, 3.63) is 16.5 Å². The van der Waals surface area contributed by atoms with Crippen molar-refractivity contribution in [2.45, 2.75) is 25.4 Å². The molecular formula is C11H13N3OS2. The Bertz CT molecular complexity index is 504. The van der Waals surface area contributed by atoms with Gasteiger partial charge in [0.25, 0.3) is 0 Å². The maximum Gasteiger partial charge on any atom is 0.161 e. The van der Waals surface area contributed by atoms with E-state index in [1.54, 1.807) is 29.8 Å². The fourth-order valence-electron chi connectivity index (χ4n) is 1.55. The first-order chi connectivity index (χ1) is 8.36. The Morgan fingerprint density at radius 3 is 3.12 bits per heavy atom. The van der Waals surface area contributed by atoms with E-state index in [-0.39, 0.29) is 0 Å². The van der Waals surface area contributed by atoms with Gasteiger partial charge in [-0.1, -0.05) is 11.3 Å². The average Bonchev–Trinajstić information content (AvgIpc) is 2.89. The molecule has 4 nitrogen and oxygen atoms in total. The van der Waals surface area contributed by atoms with E-state index in [0.29, 0.717) is 6.04 Å². The molecule has 1 saturated carbocycles. The number of thiophene rings is 1. The zero-order chi connectivity index (χ0) is 11.7. The first kappa shape index (κ1) is 11.1. The second-order valence-corrected chi connectivity index (χ2v) is 5.95. The van der Waals surface area contributed by atoms with Crippen molar-refractivity contribution in [1.82, 2.24) is 15.5 Å². The van der Waals surface area contributed by atoms with E-state index in [1.807, 2.05) is 11.4 Å². The van der Waals surface area contributed by atoms with Gasteiger partial charge in [0.2, 0.25) is 0 Å². The molecule has 0 atom stereocenters. The van der Waals surface area contributed by atoms with E-state index in [2.05, 4.69) is 15.5 Å². The monoisotopic (exact) mass is 267 g/mol. The molecule has 17 heavy (non-hydrogen) atoms. The van der Waals surface area contributed by atoms with Gasteiger partial charge in [-0.3, -0.25) is 0 Å². The third-order valence-corrected chi connectivity index (χ3v) is 4.60. The molecule has 1 fully saturated rings. The molecular weight excluding hydrogens is 254 g/mol. The van der Waals surface area contributed by atoms with Crippen LogP contribution in [-0.2, 0) is 6.54 Å². The summed E-state index contributed by atoms with van der Waals surface area (Å²) >= 11 is 3.28. The first-order valence-electron chi connectivity index (χ1n) is 5.54. The van der Waals surface area contributed by atoms with Crippen molar-refractivity contribution in [2.75, 3.05) is 7.11 Å². The predicted molar refractivity (Wildman–Crippen MR) is 69.6 cm³/mol. The van der Waals surface area contributed by atoms with Crippen molar-refractivity contribution in [3.8, 4) is 15.6 Å². The highest BCUT2D eigenvalue weighted by Gasteiger charge is 2.21. The van der Waals surface area contributed by atoms with Crippen molar-refractivity contribution in [1.29, 1.82) is 0 Å². The zero-order valence-electron chi connectivity index (χ0n) is 9.47. The molecule has 0 aliphatic heterocycles. The molecule has 0 radical (unpaired) electrons. The lowest BCUT2D eigenvalue weighted by Crippen LogP contribution is -2.14. The standard InChI is InChI=1S/C11H13N3OS2/c1-15-8-4-5-16-10(8)11-14-13-9(17-11)6-12-7-2-3-7/h4-5,7,12H,2-3,6H2,1H3. The molecule has 3 rings (SSSR count). The van der Waals surface area contributed by atoms with Crippen LogP contribution in [0.15, 0.2) is 11.4 Å². The summed E-state index contributed by atoms with van der Waals surface area (Å²) in [5, 5.41) is 15.9. The molecule has 1 aliphatic rings. The number of hydrogen-bond acceptors (Lipinski definition) is 6. The molecule has 0 bridgehead atoms. The molecule has 2 heterocycles. The number of hydrogen-bond donors (Lipinski definition) is 1. The first-order valence-corrected chi connectivity index (χ1v) is 7.24. The Morgan fingerprint density at radius 1 is 1.47 bits per heavy atom. The third-order valence-electron chi connectivity index (χ3n) is 2.63. The Morgan fingerprint density at radius 2 is 2.35 bits per heavy atom. The molecule has 0 amide bonds. The lowest BCUT2D eigenvalue weighted by molar-refractivity contribution is 0.418. The molecule has 0 aromatic carbocycles. The molecule has 2 aromatic rings. The minimum atomic E-state index is 0.707. The molecule has 1 N–H and O–H groups in total. The molecule has 90 valence electrons. The number of rotatable bonds is 5. The molecule has 0 spiro atoms. The van der Waals surface area contributed by atoms with Gasteiger partial charge in [0.05, 0.1) is 7.11 Å². The minimum absolute atomic E-state index is 0.707. The number of ether oxygens (including phenoxy) is 1. The van der Waals surface area contributed by atoms with E-state index < -0.39 is 0 Å². The van der Waals surface area contributed by atoms with Gasteiger partial charge in [0.1, 0.15) is 15.6 Å². The lowest BCUT2D eigenvalue weighted by atomic mass is 10.4. The minimum Gasteiger partial charge on any atom is -0.495 e. The summed E-state index contributed by atoms with van der Waals surface area (Å²) in [6.07, 6.45) is 2.59. The highest BCUT2D eigenvalue weighted by molar-refractivity contribution is 7.21. The largest absolute Gasteiger partial charge is 0.495 e. The van der Waals surface area contributed by atoms with Gasteiger partial charge in [-0.15, -0.1) is 21.5 Å². The Labute approximate surface area is 108 Å². The van der Waals surface area contributed by atoms with Gasteiger partial charge in [-0.25, -0.2) is 0 Å². The Hall–Kier alpha value is -0.980. The molecule has 2 aromatic heterocycles. The van der Waals surface area contributed by atoms with Crippen LogP contribution in [0.2, 0.25) is 0 Å². The van der Waals surface area contributed by atoms with Crippen molar-refractivity contribution in [2.24, 2.45) is 0 Å². The van der Waals surface area contributed by atoms with Gasteiger partial charge in [0, 0.05) is 12.6 Å². The molecule has 1 aliphatic carbocycles. The van der Waals surface area contributed by atoms with Gasteiger partial charge in [-0.05, 0) is 24.3 Å². The Kier molecular flexibility index (Phi) is 3.09. The van der Waals surface area contributed by atoms with Crippen LogP contribution < -0.4 is 10.1 Å². The van der Waals surface area contributed by atoms with Crippen LogP contribution in [0.3, 0.4) is 0 Å². The molecule has 6 heteroatoms. The summed E-state index contributed by atoms with van der Waals surface area (Å²) in [7, 11) is 1.68. The van der Waals surface area contributed by atoms with Crippen molar-refractivity contribution in [3.63, 3.8) is 0 Å². The number of nitrogens with one attached hydrogen (secondary N) is 1. The second kappa shape index (κ2) is 4.72. The lowest BCUT2D eigenvalue weighted by Gasteiger charge is -1.97. The van der Waals surface area contributed by atoms with Crippen molar-refractivity contribution >= 4 is 22.7 Å². The predicted octanol–water partition coefficient (Wildman–Crippen LogP) is 2.53. The maximum absolute atomic E-state index is 5.29. The van der Waals surface area contributed by atoms with Gasteiger partial charge in [-0.2, -0.15) is 0 Å². The molecule has 0 unspecified atom stereocenters. The normalized spacial score (nSPS) is 15.1. The summed E-state index contributed by atoms with van der Waals surface area (Å²) in [6, 6.07) is 2.67. The SMILES string of the molecule is COc1ccsc1-c1nnc(CNC2CC2)s1. The topological polar surface area (TPSA) is 47.0 Å². The van der Waals surface area contributed by atoms with Crippen LogP contribution in [-0.4, -0.2) is 23.3 Å². The smallest absolute Gasteiger partial charge is 0.161 e. The van der Waals surface area contributed by atoms with Crippen LogP contribution in [0.1, 0.15) is 17.8 Å². The summed E-state index contributed by atoms with van der Waals surface area (Å²) < 4.78 is 5.29. The quantitative estimate of drug-likeness (QED) is 0.904. The van der Waals surface area contributed by atoms with Crippen LogP contribution >= 0.6 is 22.7 Å². The van der Waals surface area contributed by atoms with Crippen LogP contribution in [0.4, 0.5) is 0 Å². The summed E-state index contributed by atoms with van der Waals surface area (Å²) in [6.45, 7) is 0.829. The van der Waals surface area contributed by atoms with Gasteiger partial charge >= 0.3 is 0 Å². The highest BCUT2D eigenvalue weighted by atomic mass is 32.1. The zero-order valence-corrected chi connectivity index (χ0v) is 11.1. The number of nitrogens with zero attached hydrogens (tertiary/aromatic N) is 2. The second-order valence-electron chi connectivity index (χ2n) is 3.97. The van der Waals surface area contributed by atoms with E-state index in [1.165, 1.54) is 12.8 Å². The van der Waals surface area contributed by atoms with Crippen molar-refractivity contribution < 1.29 is 4.74 Å². The average molecular weight is 267 g/mol. The third kappa shape index (κ3) is 2.48. The number of aromatic nitrogens is 2. The van der Waals surface area contributed by atoms with Gasteiger partial charge in [0.15, 0.2) is 5.01 Å². The fraction of sp³-hybridized carbons (Fsp3) is 0.455. The van der Waals surface area contributed by atoms with E-state index in [0.717, 1.165) is 27.2 Å². The fourth-order valence-corrected chi connectivity index (χ4v) is 3.29. The Balaban J connectivity index is 1.74. The maximum atomic E-state index is 5.29. The van der Waals surface area contributed by atoms with Crippen LogP contribution in [0.25, 0.3) is 9.88 Å². The van der Waals surface area contributed by atoms with Gasteiger partial charge < -0.3 is 10.1 Å². The van der Waals surface area contributed by atoms with E-state index >= 15 is 0 Å². The molecule has 0 saturated heterocycles.